The zero-order chi connectivity index (χ0) is 29.1. The van der Waals surface area contributed by atoms with Crippen LogP contribution in [-0.4, -0.2) is 37.1 Å². The molecule has 0 aliphatic carbocycles. The number of nitriles is 1. The molecule has 0 radical (unpaired) electrons. The van der Waals surface area contributed by atoms with Crippen molar-refractivity contribution in [1.29, 1.82) is 5.26 Å². The van der Waals surface area contributed by atoms with Gasteiger partial charge in [0.15, 0.2) is 0 Å². The number of carbonyl (C=O) groups excluding carboxylic acids is 1. The number of methoxy groups -OCH3 is 1. The molecule has 3 aromatic carbocycles. The summed E-state index contributed by atoms with van der Waals surface area (Å²) in [6.07, 6.45) is -2.78. The number of alkyl halides is 3. The third-order valence-electron chi connectivity index (χ3n) is 6.13. The van der Waals surface area contributed by atoms with E-state index in [1.54, 1.807) is 36.2 Å². The quantitative estimate of drug-likeness (QED) is 0.145. The van der Waals surface area contributed by atoms with Crippen LogP contribution in [0.4, 0.5) is 13.2 Å². The number of esters is 1. The molecule has 0 atom stereocenters. The van der Waals surface area contributed by atoms with Crippen molar-refractivity contribution in [3.63, 3.8) is 0 Å². The van der Waals surface area contributed by atoms with Gasteiger partial charge in [-0.3, -0.25) is 4.79 Å². The smallest absolute Gasteiger partial charge is 0.416 e. The first-order valence-electron chi connectivity index (χ1n) is 12.7. The molecule has 0 fully saturated rings. The molecule has 0 aromatic heterocycles. The summed E-state index contributed by atoms with van der Waals surface area (Å²) >= 11 is 0. The fourth-order valence-electron chi connectivity index (χ4n) is 4.21. The molecule has 1 N–H and O–H groups in total. The fourth-order valence-corrected chi connectivity index (χ4v) is 4.21. The maximum atomic E-state index is 13.8. The normalized spacial score (nSPS) is 11.5. The fraction of sp³-hybridized carbons (Fsp3) is 0.300. The summed E-state index contributed by atoms with van der Waals surface area (Å²) in [5.41, 5.74) is 2.14. The first kappa shape index (κ1) is 30.0. The lowest BCUT2D eigenvalue weighted by Gasteiger charge is -2.27. The molecule has 0 spiro atoms. The second-order valence-electron chi connectivity index (χ2n) is 8.77. The van der Waals surface area contributed by atoms with Crippen LogP contribution < -0.4 is 10.1 Å². The number of aliphatic imine (C=N–C) groups is 1. The predicted molar refractivity (Wildman–Crippen MR) is 146 cm³/mol. The summed E-state index contributed by atoms with van der Waals surface area (Å²) in [7, 11) is 1.47. The summed E-state index contributed by atoms with van der Waals surface area (Å²) in [5.74, 6) is 0.260. The maximum absolute atomic E-state index is 13.8. The van der Waals surface area contributed by atoms with E-state index in [9.17, 15) is 23.2 Å². The number of carbonyl (C=O) groups is 1. The highest BCUT2D eigenvalue weighted by molar-refractivity contribution is 5.82. The maximum Gasteiger partial charge on any atom is 0.416 e. The summed E-state index contributed by atoms with van der Waals surface area (Å²) in [5, 5.41) is 12.5. The van der Waals surface area contributed by atoms with Gasteiger partial charge in [-0.05, 0) is 60.4 Å². The lowest BCUT2D eigenvalue weighted by atomic mass is 9.94. The Hall–Kier alpha value is -4.52. The molecule has 0 aliphatic rings. The van der Waals surface area contributed by atoms with E-state index in [1.165, 1.54) is 13.2 Å². The van der Waals surface area contributed by atoms with Gasteiger partial charge in [-0.1, -0.05) is 42.5 Å². The molecule has 0 heterocycles. The van der Waals surface area contributed by atoms with Crippen LogP contribution in [0.2, 0.25) is 0 Å². The third-order valence-corrected chi connectivity index (χ3v) is 6.13. The van der Waals surface area contributed by atoms with E-state index in [2.05, 4.69) is 10.3 Å². The molecule has 0 saturated heterocycles. The largest absolute Gasteiger partial charge is 0.496 e. The molecule has 3 rings (SSSR count). The predicted octanol–water partition coefficient (Wildman–Crippen LogP) is 5.94. The molecule has 0 bridgehead atoms. The lowest BCUT2D eigenvalue weighted by Crippen LogP contribution is -2.40. The molecule has 0 amide bonds. The average molecular weight is 553 g/mol. The number of hydrogen-bond donors (Lipinski definition) is 1. The zero-order valence-electron chi connectivity index (χ0n) is 22.6. The molecule has 0 unspecified atom stereocenters. The molecular formula is C30H31F3N4O3. The van der Waals surface area contributed by atoms with Crippen LogP contribution in [0.5, 0.6) is 5.75 Å². The van der Waals surface area contributed by atoms with Crippen LogP contribution in [-0.2, 0) is 35.2 Å². The van der Waals surface area contributed by atoms with Crippen LogP contribution in [0, 0.1) is 11.5 Å². The summed E-state index contributed by atoms with van der Waals surface area (Å²) in [4.78, 5) is 17.7. The Labute approximate surface area is 231 Å². The van der Waals surface area contributed by atoms with Gasteiger partial charge in [0.1, 0.15) is 5.75 Å². The van der Waals surface area contributed by atoms with Gasteiger partial charge in [0.25, 0.3) is 0 Å². The van der Waals surface area contributed by atoms with Gasteiger partial charge in [-0.15, -0.1) is 4.99 Å². The lowest BCUT2D eigenvalue weighted by molar-refractivity contribution is -0.142. The number of nitrogens with zero attached hydrogens (tertiary/aromatic N) is 3. The number of hydrogen-bond acceptors (Lipinski definition) is 5. The van der Waals surface area contributed by atoms with E-state index in [0.29, 0.717) is 41.1 Å². The first-order chi connectivity index (χ1) is 19.2. The van der Waals surface area contributed by atoms with Gasteiger partial charge in [-0.25, -0.2) is 0 Å². The first-order valence-corrected chi connectivity index (χ1v) is 12.7. The van der Waals surface area contributed by atoms with Crippen molar-refractivity contribution in [2.45, 2.75) is 39.5 Å². The Balaban J connectivity index is 2.05. The number of benzene rings is 3. The van der Waals surface area contributed by atoms with Gasteiger partial charge in [0, 0.05) is 25.2 Å². The van der Waals surface area contributed by atoms with Gasteiger partial charge >= 0.3 is 12.1 Å². The van der Waals surface area contributed by atoms with Crippen molar-refractivity contribution in [3.8, 4) is 23.1 Å². The highest BCUT2D eigenvalue weighted by atomic mass is 19.4. The average Bonchev–Trinajstić information content (AvgIpc) is 2.94. The second-order valence-corrected chi connectivity index (χ2v) is 8.77. The highest BCUT2D eigenvalue weighted by Gasteiger charge is 2.31. The molecule has 10 heteroatoms. The van der Waals surface area contributed by atoms with Gasteiger partial charge in [-0.2, -0.15) is 18.4 Å². The second kappa shape index (κ2) is 14.0. The third kappa shape index (κ3) is 7.99. The molecule has 0 aliphatic heterocycles. The van der Waals surface area contributed by atoms with Crippen LogP contribution in [0.25, 0.3) is 11.1 Å². The number of nitrogens with one attached hydrogen (secondary N) is 1. The van der Waals surface area contributed by atoms with Crippen molar-refractivity contribution in [2.75, 3.05) is 20.3 Å². The van der Waals surface area contributed by atoms with Gasteiger partial charge in [0.05, 0.1) is 25.7 Å². The van der Waals surface area contributed by atoms with E-state index in [1.807, 2.05) is 37.3 Å². The van der Waals surface area contributed by atoms with Crippen molar-refractivity contribution in [2.24, 2.45) is 4.99 Å². The summed E-state index contributed by atoms with van der Waals surface area (Å²) in [6.45, 7) is 4.52. The minimum atomic E-state index is -4.56. The van der Waals surface area contributed by atoms with E-state index in [4.69, 9.17) is 9.47 Å². The van der Waals surface area contributed by atoms with E-state index < -0.39 is 17.7 Å². The molecule has 3 aromatic rings. The van der Waals surface area contributed by atoms with E-state index in [-0.39, 0.29) is 25.5 Å². The van der Waals surface area contributed by atoms with Gasteiger partial charge in [0.2, 0.25) is 12.2 Å². The molecule has 40 heavy (non-hydrogen) atoms. The Kier molecular flexibility index (Phi) is 10.5. The Morgan fingerprint density at radius 1 is 1.02 bits per heavy atom. The van der Waals surface area contributed by atoms with Gasteiger partial charge < -0.3 is 19.7 Å². The number of guanidine groups is 1. The Morgan fingerprint density at radius 3 is 2.40 bits per heavy atom. The van der Waals surface area contributed by atoms with Crippen LogP contribution >= 0.6 is 0 Å². The standard InChI is InChI=1S/C30H31F3N4O3/c1-4-37(29(36-20-34)35-18-21-9-7-6-8-10-21)19-23-17-24(30(31,32)33)12-13-25(23)26-15-22(11-14-27(26)39-3)16-28(38)40-5-2/h6-15,17H,4-5,16,18-19H2,1-3H3,(H,35,36). The van der Waals surface area contributed by atoms with Crippen molar-refractivity contribution in [1.82, 2.24) is 10.2 Å². The minimum absolute atomic E-state index is 0.00423. The topological polar surface area (TPSA) is 87.0 Å². The summed E-state index contributed by atoms with van der Waals surface area (Å²) in [6, 6.07) is 18.1. The van der Waals surface area contributed by atoms with Crippen molar-refractivity contribution < 1.29 is 27.4 Å². The molecule has 210 valence electrons. The Bertz CT molecular complexity index is 1370. The van der Waals surface area contributed by atoms with Crippen molar-refractivity contribution in [3.05, 3.63) is 89.0 Å². The van der Waals surface area contributed by atoms with E-state index in [0.717, 1.165) is 17.7 Å². The monoisotopic (exact) mass is 552 g/mol. The van der Waals surface area contributed by atoms with E-state index >= 15 is 0 Å². The minimum Gasteiger partial charge on any atom is -0.496 e. The SMILES string of the molecule is CCOC(=O)Cc1ccc(OC)c(-c2ccc(C(F)(F)F)cc2CN(CC)/C(=N\C#N)NCc2ccccc2)c1. The molecule has 7 nitrogen and oxygen atoms in total. The number of ether oxygens (including phenoxy) is 2. The zero-order valence-corrected chi connectivity index (χ0v) is 22.6. The number of rotatable bonds is 10. The number of halogens is 3. The van der Waals surface area contributed by atoms with Crippen LogP contribution in [0.1, 0.15) is 36.1 Å². The molecular weight excluding hydrogens is 521 g/mol. The van der Waals surface area contributed by atoms with Crippen LogP contribution in [0.15, 0.2) is 71.7 Å². The highest BCUT2D eigenvalue weighted by Crippen LogP contribution is 2.38. The molecule has 0 saturated carbocycles. The Morgan fingerprint density at radius 2 is 1.77 bits per heavy atom. The van der Waals surface area contributed by atoms with Crippen LogP contribution in [0.3, 0.4) is 0 Å². The van der Waals surface area contributed by atoms with Crippen molar-refractivity contribution >= 4 is 11.9 Å². The summed E-state index contributed by atoms with van der Waals surface area (Å²) < 4.78 is 51.9.